The number of aromatic nitrogens is 1. The Balaban J connectivity index is 1.94. The molecule has 128 valence electrons. The van der Waals surface area contributed by atoms with Gasteiger partial charge in [-0.3, -0.25) is 4.79 Å². The summed E-state index contributed by atoms with van der Waals surface area (Å²) < 4.78 is 10.2. The van der Waals surface area contributed by atoms with Crippen LogP contribution in [0.3, 0.4) is 0 Å². The average Bonchev–Trinajstić information content (AvgIpc) is 2.89. The van der Waals surface area contributed by atoms with E-state index < -0.39 is 12.6 Å². The van der Waals surface area contributed by atoms with E-state index in [2.05, 4.69) is 5.16 Å². The molecule has 1 amide bonds. The first-order valence-corrected chi connectivity index (χ1v) is 7.51. The zero-order chi connectivity index (χ0) is 17.7. The lowest BCUT2D eigenvalue weighted by Crippen LogP contribution is -2.26. The van der Waals surface area contributed by atoms with Gasteiger partial charge in [-0.2, -0.15) is 0 Å². The van der Waals surface area contributed by atoms with Gasteiger partial charge in [-0.25, -0.2) is 4.79 Å². The number of rotatable bonds is 7. The Bertz CT molecular complexity index is 702. The lowest BCUT2D eigenvalue weighted by Gasteiger charge is -2.17. The van der Waals surface area contributed by atoms with Crippen LogP contribution >= 0.6 is 0 Å². The minimum atomic E-state index is -1.04. The molecule has 1 aromatic carbocycles. The summed E-state index contributed by atoms with van der Waals surface area (Å²) in [7, 11) is 1.70. The number of benzene rings is 1. The summed E-state index contributed by atoms with van der Waals surface area (Å²) in [6.07, 6.45) is 0.917. The van der Waals surface area contributed by atoms with Crippen molar-refractivity contribution in [1.82, 2.24) is 5.16 Å². The largest absolute Gasteiger partial charge is 0.482 e. The molecule has 0 unspecified atom stereocenters. The van der Waals surface area contributed by atoms with Gasteiger partial charge >= 0.3 is 5.97 Å². The number of nitrogens with zero attached hydrogens (tertiary/aromatic N) is 2. The molecule has 0 bridgehead atoms. The molecular formula is C17H20N2O5. The molecule has 0 aliphatic carbocycles. The highest BCUT2D eigenvalue weighted by Gasteiger charge is 2.15. The zero-order valence-corrected chi connectivity index (χ0v) is 13.9. The van der Waals surface area contributed by atoms with E-state index in [1.54, 1.807) is 36.2 Å². The van der Waals surface area contributed by atoms with Crippen molar-refractivity contribution in [2.24, 2.45) is 0 Å². The van der Waals surface area contributed by atoms with Gasteiger partial charge in [-0.15, -0.1) is 0 Å². The quantitative estimate of drug-likeness (QED) is 0.836. The van der Waals surface area contributed by atoms with Gasteiger partial charge in [0.2, 0.25) is 5.91 Å². The van der Waals surface area contributed by atoms with Gasteiger partial charge in [0, 0.05) is 24.7 Å². The normalized spacial score (nSPS) is 10.5. The summed E-state index contributed by atoms with van der Waals surface area (Å²) in [4.78, 5) is 24.3. The lowest BCUT2D eigenvalue weighted by molar-refractivity contribution is -0.139. The van der Waals surface area contributed by atoms with Crippen molar-refractivity contribution in [2.75, 3.05) is 18.6 Å². The fourth-order valence-electron chi connectivity index (χ4n) is 2.31. The van der Waals surface area contributed by atoms with Gasteiger partial charge in [0.25, 0.3) is 0 Å². The highest BCUT2D eigenvalue weighted by Crippen LogP contribution is 2.20. The summed E-state index contributed by atoms with van der Waals surface area (Å²) in [6, 6.07) is 6.70. The van der Waals surface area contributed by atoms with E-state index in [0.29, 0.717) is 24.3 Å². The Labute approximate surface area is 139 Å². The van der Waals surface area contributed by atoms with E-state index in [-0.39, 0.29) is 5.91 Å². The molecule has 2 rings (SSSR count). The first kappa shape index (κ1) is 17.5. The summed E-state index contributed by atoms with van der Waals surface area (Å²) in [5, 5.41) is 12.5. The number of carbonyl (C=O) groups is 2. The van der Waals surface area contributed by atoms with E-state index in [1.807, 2.05) is 13.8 Å². The average molecular weight is 332 g/mol. The van der Waals surface area contributed by atoms with Gasteiger partial charge < -0.3 is 19.3 Å². The van der Waals surface area contributed by atoms with Crippen LogP contribution in [-0.2, 0) is 16.0 Å². The lowest BCUT2D eigenvalue weighted by atomic mass is 10.1. The molecule has 24 heavy (non-hydrogen) atoms. The molecule has 0 aliphatic rings. The second kappa shape index (κ2) is 7.63. The standard InChI is InChI=1S/C17H20N2O5/c1-11-15(12(2)24-18-11)8-9-16(20)19(3)13-4-6-14(7-5-13)23-10-17(21)22/h4-7H,8-10H2,1-3H3,(H,21,22). The maximum absolute atomic E-state index is 12.3. The number of amides is 1. The van der Waals surface area contributed by atoms with Crippen LogP contribution in [0.15, 0.2) is 28.8 Å². The fourth-order valence-corrected chi connectivity index (χ4v) is 2.31. The smallest absolute Gasteiger partial charge is 0.341 e. The topological polar surface area (TPSA) is 92.9 Å². The molecule has 0 saturated heterocycles. The molecule has 7 heteroatoms. The molecule has 0 radical (unpaired) electrons. The van der Waals surface area contributed by atoms with E-state index in [1.165, 1.54) is 0 Å². The highest BCUT2D eigenvalue weighted by atomic mass is 16.5. The Kier molecular flexibility index (Phi) is 5.57. The number of ether oxygens (including phenoxy) is 1. The molecule has 0 aliphatic heterocycles. The van der Waals surface area contributed by atoms with Crippen molar-refractivity contribution < 1.29 is 24.0 Å². The second-order valence-electron chi connectivity index (χ2n) is 5.43. The van der Waals surface area contributed by atoms with Crippen molar-refractivity contribution in [1.29, 1.82) is 0 Å². The molecule has 0 spiro atoms. The second-order valence-corrected chi connectivity index (χ2v) is 5.43. The van der Waals surface area contributed by atoms with Crippen molar-refractivity contribution in [3.05, 3.63) is 41.3 Å². The van der Waals surface area contributed by atoms with Gasteiger partial charge in [0.05, 0.1) is 5.69 Å². The van der Waals surface area contributed by atoms with Crippen LogP contribution in [0.4, 0.5) is 5.69 Å². The number of hydrogen-bond acceptors (Lipinski definition) is 5. The molecule has 7 nitrogen and oxygen atoms in total. The van der Waals surface area contributed by atoms with Crippen LogP contribution in [0.1, 0.15) is 23.4 Å². The van der Waals surface area contributed by atoms with Crippen LogP contribution < -0.4 is 9.64 Å². The van der Waals surface area contributed by atoms with Crippen LogP contribution in [0.5, 0.6) is 5.75 Å². The maximum Gasteiger partial charge on any atom is 0.341 e. The molecule has 2 aromatic rings. The maximum atomic E-state index is 12.3. The van der Waals surface area contributed by atoms with Crippen LogP contribution in [0, 0.1) is 13.8 Å². The molecule has 1 N–H and O–H groups in total. The fraction of sp³-hybridized carbons (Fsp3) is 0.353. The summed E-state index contributed by atoms with van der Waals surface area (Å²) in [5.41, 5.74) is 2.48. The molecule has 1 aromatic heterocycles. The Morgan fingerprint density at radius 2 is 1.92 bits per heavy atom. The molecule has 0 saturated carbocycles. The first-order valence-electron chi connectivity index (χ1n) is 7.51. The van der Waals surface area contributed by atoms with E-state index in [9.17, 15) is 9.59 Å². The van der Waals surface area contributed by atoms with Crippen LogP contribution in [-0.4, -0.2) is 35.8 Å². The number of aliphatic carboxylic acids is 1. The summed E-state index contributed by atoms with van der Waals surface area (Å²) in [6.45, 7) is 3.29. The van der Waals surface area contributed by atoms with Gasteiger partial charge in [-0.1, -0.05) is 5.16 Å². The molecular weight excluding hydrogens is 312 g/mol. The molecule has 0 atom stereocenters. The number of hydrogen-bond donors (Lipinski definition) is 1. The molecule has 0 fully saturated rings. The third-order valence-electron chi connectivity index (χ3n) is 3.73. The van der Waals surface area contributed by atoms with E-state index in [0.717, 1.165) is 17.0 Å². The van der Waals surface area contributed by atoms with Crippen molar-refractivity contribution in [3.8, 4) is 5.75 Å². The van der Waals surface area contributed by atoms with Crippen LogP contribution in [0.25, 0.3) is 0 Å². The number of carbonyl (C=O) groups excluding carboxylic acids is 1. The number of carboxylic acids is 1. The Hall–Kier alpha value is -2.83. The van der Waals surface area contributed by atoms with Crippen molar-refractivity contribution in [3.63, 3.8) is 0 Å². The Morgan fingerprint density at radius 3 is 2.46 bits per heavy atom. The summed E-state index contributed by atoms with van der Waals surface area (Å²) >= 11 is 0. The predicted molar refractivity (Wildman–Crippen MR) is 87.3 cm³/mol. The van der Waals surface area contributed by atoms with Gasteiger partial charge in [0.15, 0.2) is 6.61 Å². The summed E-state index contributed by atoms with van der Waals surface area (Å²) in [5.74, 6) is 0.112. The van der Waals surface area contributed by atoms with Crippen molar-refractivity contribution >= 4 is 17.6 Å². The number of aryl methyl sites for hydroxylation is 2. The predicted octanol–water partition coefficient (Wildman–Crippen LogP) is 2.35. The minimum Gasteiger partial charge on any atom is -0.482 e. The number of carboxylic acid groups (broad SMARTS) is 1. The van der Waals surface area contributed by atoms with Crippen molar-refractivity contribution in [2.45, 2.75) is 26.7 Å². The van der Waals surface area contributed by atoms with Crippen LogP contribution in [0.2, 0.25) is 0 Å². The van der Waals surface area contributed by atoms with E-state index in [4.69, 9.17) is 14.4 Å². The number of anilines is 1. The monoisotopic (exact) mass is 332 g/mol. The van der Waals surface area contributed by atoms with Gasteiger partial charge in [0.1, 0.15) is 11.5 Å². The minimum absolute atomic E-state index is 0.0331. The highest BCUT2D eigenvalue weighted by molar-refractivity contribution is 5.93. The first-order chi connectivity index (χ1) is 11.4. The molecule has 1 heterocycles. The zero-order valence-electron chi connectivity index (χ0n) is 13.9. The third-order valence-corrected chi connectivity index (χ3v) is 3.73. The Morgan fingerprint density at radius 1 is 1.25 bits per heavy atom. The van der Waals surface area contributed by atoms with Gasteiger partial charge in [-0.05, 0) is 44.5 Å². The van der Waals surface area contributed by atoms with E-state index >= 15 is 0 Å². The SMILES string of the molecule is Cc1noc(C)c1CCC(=O)N(C)c1ccc(OCC(=O)O)cc1. The third kappa shape index (κ3) is 4.34.